The van der Waals surface area contributed by atoms with Crippen LogP contribution in [0.4, 0.5) is 13.2 Å². The molecule has 0 saturated heterocycles. The average molecular weight is 546 g/mol. The SMILES string of the molecule is Cc1ccc(-c2nn(CC(=O)NC(C(=O)NCCC(=O)O)c3cccc(C(F)(F)F)c3)c(=O)n2C2CC2)cc1. The highest BCUT2D eigenvalue weighted by molar-refractivity contribution is 5.88. The first-order chi connectivity index (χ1) is 18.4. The van der Waals surface area contributed by atoms with E-state index >= 15 is 0 Å². The zero-order valence-electron chi connectivity index (χ0n) is 20.9. The molecule has 1 saturated carbocycles. The third-order valence-corrected chi connectivity index (χ3v) is 6.14. The zero-order valence-corrected chi connectivity index (χ0v) is 20.9. The molecule has 39 heavy (non-hydrogen) atoms. The van der Waals surface area contributed by atoms with Crippen molar-refractivity contribution in [2.24, 2.45) is 0 Å². The van der Waals surface area contributed by atoms with Crippen molar-refractivity contribution in [3.05, 3.63) is 75.7 Å². The Morgan fingerprint density at radius 2 is 1.82 bits per heavy atom. The van der Waals surface area contributed by atoms with Crippen LogP contribution in [-0.2, 0) is 27.1 Å². The van der Waals surface area contributed by atoms with Gasteiger partial charge in [0, 0.05) is 18.2 Å². The third-order valence-electron chi connectivity index (χ3n) is 6.14. The minimum Gasteiger partial charge on any atom is -0.481 e. The van der Waals surface area contributed by atoms with Crippen molar-refractivity contribution in [1.29, 1.82) is 0 Å². The molecule has 0 radical (unpaired) electrons. The summed E-state index contributed by atoms with van der Waals surface area (Å²) in [4.78, 5) is 49.7. The Labute approximate surface area is 220 Å². The van der Waals surface area contributed by atoms with E-state index in [1.54, 1.807) is 0 Å². The van der Waals surface area contributed by atoms with Crippen LogP contribution in [0.15, 0.2) is 53.3 Å². The molecular weight excluding hydrogens is 519 g/mol. The van der Waals surface area contributed by atoms with Crippen molar-refractivity contribution >= 4 is 17.8 Å². The molecule has 1 aliphatic carbocycles. The van der Waals surface area contributed by atoms with E-state index in [-0.39, 0.29) is 18.2 Å². The number of hydrogen-bond acceptors (Lipinski definition) is 5. The quantitative estimate of drug-likeness (QED) is 0.359. The van der Waals surface area contributed by atoms with Crippen LogP contribution in [0, 0.1) is 6.92 Å². The molecule has 0 spiro atoms. The fourth-order valence-electron chi connectivity index (χ4n) is 4.02. The maximum absolute atomic E-state index is 13.3. The Morgan fingerprint density at radius 1 is 1.13 bits per heavy atom. The van der Waals surface area contributed by atoms with Crippen LogP contribution in [0.5, 0.6) is 0 Å². The number of nitrogens with one attached hydrogen (secondary N) is 2. The van der Waals surface area contributed by atoms with Crippen LogP contribution in [0.3, 0.4) is 0 Å². The summed E-state index contributed by atoms with van der Waals surface area (Å²) in [6, 6.07) is 9.60. The molecule has 4 rings (SSSR count). The fraction of sp³-hybridized carbons (Fsp3) is 0.346. The summed E-state index contributed by atoms with van der Waals surface area (Å²) in [5.74, 6) is -2.55. The number of aromatic nitrogens is 3. The number of rotatable bonds is 10. The molecule has 1 aromatic heterocycles. The van der Waals surface area contributed by atoms with E-state index in [9.17, 15) is 32.3 Å². The molecule has 1 atom stereocenters. The Balaban J connectivity index is 1.59. The number of aliphatic carboxylic acids is 1. The van der Waals surface area contributed by atoms with Crippen molar-refractivity contribution in [3.63, 3.8) is 0 Å². The average Bonchev–Trinajstić information content (AvgIpc) is 3.66. The largest absolute Gasteiger partial charge is 0.481 e. The maximum atomic E-state index is 13.3. The van der Waals surface area contributed by atoms with Crippen LogP contribution in [0.1, 0.15) is 48.0 Å². The van der Waals surface area contributed by atoms with Gasteiger partial charge in [-0.1, -0.05) is 42.0 Å². The molecule has 3 aromatic rings. The number of nitrogens with zero attached hydrogens (tertiary/aromatic N) is 3. The van der Waals surface area contributed by atoms with Gasteiger partial charge in [-0.3, -0.25) is 19.0 Å². The lowest BCUT2D eigenvalue weighted by molar-refractivity contribution is -0.138. The summed E-state index contributed by atoms with van der Waals surface area (Å²) in [6.45, 7) is 1.03. The number of carbonyl (C=O) groups excluding carboxylic acids is 2. The van der Waals surface area contributed by atoms with Crippen molar-refractivity contribution < 1.29 is 32.7 Å². The molecule has 10 nitrogen and oxygen atoms in total. The monoisotopic (exact) mass is 545 g/mol. The summed E-state index contributed by atoms with van der Waals surface area (Å²) in [7, 11) is 0. The van der Waals surface area contributed by atoms with Gasteiger partial charge < -0.3 is 15.7 Å². The lowest BCUT2D eigenvalue weighted by atomic mass is 10.0. The Bertz CT molecular complexity index is 1440. The molecule has 2 amide bonds. The summed E-state index contributed by atoms with van der Waals surface area (Å²) in [6.07, 6.45) is -3.56. The molecule has 0 aliphatic heterocycles. The van der Waals surface area contributed by atoms with Crippen molar-refractivity contribution in [3.8, 4) is 11.4 Å². The van der Waals surface area contributed by atoms with Gasteiger partial charge in [-0.25, -0.2) is 9.48 Å². The number of carboxylic acids is 1. The maximum Gasteiger partial charge on any atom is 0.416 e. The zero-order chi connectivity index (χ0) is 28.3. The number of halogens is 3. The van der Waals surface area contributed by atoms with E-state index in [2.05, 4.69) is 15.7 Å². The van der Waals surface area contributed by atoms with Crippen LogP contribution in [0.2, 0.25) is 0 Å². The van der Waals surface area contributed by atoms with Crippen LogP contribution < -0.4 is 16.3 Å². The first-order valence-corrected chi connectivity index (χ1v) is 12.2. The standard InChI is InChI=1S/C26H26F3N5O5/c1-15-5-7-16(8-6-15)23-32-33(25(39)34(23)19-9-10-19)14-20(35)31-22(24(38)30-12-11-21(36)37)17-3-2-4-18(13-17)26(27,28)29/h2-8,13,19,22H,9-12,14H2,1H3,(H,30,38)(H,31,35)(H,36,37). The number of amides is 2. The summed E-state index contributed by atoms with van der Waals surface area (Å²) in [5, 5.41) is 17.8. The Morgan fingerprint density at radius 3 is 2.44 bits per heavy atom. The predicted molar refractivity (Wildman–Crippen MR) is 133 cm³/mol. The van der Waals surface area contributed by atoms with Crippen LogP contribution in [0.25, 0.3) is 11.4 Å². The van der Waals surface area contributed by atoms with Gasteiger partial charge in [0.25, 0.3) is 0 Å². The molecule has 13 heteroatoms. The van der Waals surface area contributed by atoms with E-state index in [0.29, 0.717) is 11.4 Å². The van der Waals surface area contributed by atoms with E-state index in [1.807, 2.05) is 31.2 Å². The van der Waals surface area contributed by atoms with Gasteiger partial charge >= 0.3 is 17.8 Å². The summed E-state index contributed by atoms with van der Waals surface area (Å²) < 4.78 is 42.3. The van der Waals surface area contributed by atoms with Gasteiger partial charge in [-0.2, -0.15) is 13.2 Å². The minimum atomic E-state index is -4.69. The topological polar surface area (TPSA) is 135 Å². The minimum absolute atomic E-state index is 0.0523. The second-order valence-corrected chi connectivity index (χ2v) is 9.29. The molecule has 1 unspecified atom stereocenters. The highest BCUT2D eigenvalue weighted by atomic mass is 19.4. The van der Waals surface area contributed by atoms with Gasteiger partial charge in [-0.05, 0) is 37.5 Å². The van der Waals surface area contributed by atoms with Gasteiger partial charge in [0.15, 0.2) is 5.82 Å². The van der Waals surface area contributed by atoms with Crippen molar-refractivity contribution in [1.82, 2.24) is 25.0 Å². The molecular formula is C26H26F3N5O5. The van der Waals surface area contributed by atoms with Crippen LogP contribution >= 0.6 is 0 Å². The van der Waals surface area contributed by atoms with Gasteiger partial charge in [-0.15, -0.1) is 5.10 Å². The van der Waals surface area contributed by atoms with E-state index in [0.717, 1.165) is 41.3 Å². The summed E-state index contributed by atoms with van der Waals surface area (Å²) >= 11 is 0. The first kappa shape index (κ1) is 27.6. The summed E-state index contributed by atoms with van der Waals surface area (Å²) in [5.41, 5.74) is -0.0183. The second-order valence-electron chi connectivity index (χ2n) is 9.29. The predicted octanol–water partition coefficient (Wildman–Crippen LogP) is 2.82. The molecule has 1 aliphatic rings. The number of alkyl halides is 3. The number of carboxylic acid groups (broad SMARTS) is 1. The van der Waals surface area contributed by atoms with Crippen LogP contribution in [-0.4, -0.2) is 43.8 Å². The number of carbonyl (C=O) groups is 3. The van der Waals surface area contributed by atoms with Gasteiger partial charge in [0.1, 0.15) is 12.6 Å². The lowest BCUT2D eigenvalue weighted by Crippen LogP contribution is -2.43. The van der Waals surface area contributed by atoms with E-state index < -0.39 is 54.2 Å². The number of aryl methyl sites for hydroxylation is 1. The smallest absolute Gasteiger partial charge is 0.416 e. The van der Waals surface area contributed by atoms with Crippen molar-refractivity contribution in [2.45, 2.75) is 51.0 Å². The molecule has 1 heterocycles. The molecule has 2 aromatic carbocycles. The van der Waals surface area contributed by atoms with Gasteiger partial charge in [0.2, 0.25) is 11.8 Å². The lowest BCUT2D eigenvalue weighted by Gasteiger charge is -2.20. The van der Waals surface area contributed by atoms with E-state index in [1.165, 1.54) is 10.6 Å². The van der Waals surface area contributed by atoms with Gasteiger partial charge in [0.05, 0.1) is 12.0 Å². The number of benzene rings is 2. The second kappa shape index (κ2) is 11.1. The normalized spacial score (nSPS) is 14.1. The van der Waals surface area contributed by atoms with Crippen molar-refractivity contribution in [2.75, 3.05) is 6.54 Å². The fourth-order valence-corrected chi connectivity index (χ4v) is 4.02. The molecule has 1 fully saturated rings. The Kier molecular flexibility index (Phi) is 7.88. The molecule has 206 valence electrons. The molecule has 3 N–H and O–H groups in total. The highest BCUT2D eigenvalue weighted by Crippen LogP contribution is 2.36. The first-order valence-electron chi connectivity index (χ1n) is 12.2. The Hall–Kier alpha value is -4.42. The van der Waals surface area contributed by atoms with E-state index in [4.69, 9.17) is 5.11 Å². The molecule has 0 bridgehead atoms. The third kappa shape index (κ3) is 6.72. The highest BCUT2D eigenvalue weighted by Gasteiger charge is 2.33. The number of hydrogen-bond donors (Lipinski definition) is 3.